The summed E-state index contributed by atoms with van der Waals surface area (Å²) in [5.74, 6) is 0.933. The number of aromatic nitrogens is 1. The molecule has 3 heteroatoms. The van der Waals surface area contributed by atoms with Crippen LogP contribution >= 0.6 is 0 Å². The van der Waals surface area contributed by atoms with Crippen LogP contribution in [0.2, 0.25) is 0 Å². The zero-order valence-electron chi connectivity index (χ0n) is 11.8. The molecule has 0 radical (unpaired) electrons. The van der Waals surface area contributed by atoms with Crippen molar-refractivity contribution in [1.29, 1.82) is 0 Å². The number of hydrogen-bond donors (Lipinski definition) is 2. The Morgan fingerprint density at radius 3 is 2.74 bits per heavy atom. The van der Waals surface area contributed by atoms with Crippen molar-refractivity contribution in [3.8, 4) is 5.75 Å². The maximum atomic E-state index is 5.72. The van der Waals surface area contributed by atoms with Crippen molar-refractivity contribution in [3.63, 3.8) is 0 Å². The van der Waals surface area contributed by atoms with Gasteiger partial charge < -0.3 is 15.0 Å². The lowest BCUT2D eigenvalue weighted by molar-refractivity contribution is 0.242. The third kappa shape index (κ3) is 4.14. The van der Waals surface area contributed by atoms with Gasteiger partial charge in [-0.25, -0.2) is 0 Å². The van der Waals surface area contributed by atoms with Crippen LogP contribution in [0.1, 0.15) is 37.9 Å². The molecule has 1 atom stereocenters. The Balaban J connectivity index is 1.96. The Morgan fingerprint density at radius 1 is 1.21 bits per heavy atom. The fraction of sp³-hybridized carbons (Fsp3) is 0.375. The second-order valence-electron chi connectivity index (χ2n) is 5.06. The van der Waals surface area contributed by atoms with Crippen LogP contribution in [0.15, 0.2) is 42.7 Å². The molecule has 0 saturated carbocycles. The summed E-state index contributed by atoms with van der Waals surface area (Å²) in [5, 5.41) is 3.51. The molecular weight excluding hydrogens is 236 g/mol. The quantitative estimate of drug-likeness (QED) is 0.829. The fourth-order valence-corrected chi connectivity index (χ4v) is 1.99. The van der Waals surface area contributed by atoms with Gasteiger partial charge in [0.1, 0.15) is 5.75 Å². The Bertz CT molecular complexity index is 491. The molecule has 0 spiro atoms. The van der Waals surface area contributed by atoms with Gasteiger partial charge in [-0.05, 0) is 50.1 Å². The molecule has 1 aromatic carbocycles. The molecule has 0 saturated heterocycles. The van der Waals surface area contributed by atoms with E-state index < -0.39 is 0 Å². The van der Waals surface area contributed by atoms with Gasteiger partial charge in [0.05, 0.1) is 6.10 Å². The third-order valence-corrected chi connectivity index (χ3v) is 3.00. The van der Waals surface area contributed by atoms with E-state index in [1.807, 2.05) is 38.4 Å². The molecule has 0 aliphatic rings. The first kappa shape index (κ1) is 13.7. The maximum absolute atomic E-state index is 5.72. The zero-order chi connectivity index (χ0) is 13.7. The van der Waals surface area contributed by atoms with Crippen LogP contribution in [0.4, 0.5) is 0 Å². The molecule has 1 unspecified atom stereocenters. The molecule has 1 heterocycles. The standard InChI is InChI=1S/C16H22N2O/c1-12(2)19-16-6-4-5-15(9-16)13(3)18-11-14-7-8-17-10-14/h4-10,12-13,17-18H,11H2,1-3H3. The first-order valence-electron chi connectivity index (χ1n) is 6.77. The van der Waals surface area contributed by atoms with E-state index in [0.29, 0.717) is 6.04 Å². The van der Waals surface area contributed by atoms with E-state index in [1.165, 1.54) is 11.1 Å². The Morgan fingerprint density at radius 2 is 2.05 bits per heavy atom. The zero-order valence-corrected chi connectivity index (χ0v) is 11.8. The van der Waals surface area contributed by atoms with Crippen molar-refractivity contribution in [2.75, 3.05) is 0 Å². The van der Waals surface area contributed by atoms with E-state index in [-0.39, 0.29) is 6.10 Å². The average molecular weight is 258 g/mol. The van der Waals surface area contributed by atoms with Crippen LogP contribution in [-0.4, -0.2) is 11.1 Å². The maximum Gasteiger partial charge on any atom is 0.120 e. The predicted molar refractivity (Wildman–Crippen MR) is 78.3 cm³/mol. The molecule has 3 nitrogen and oxygen atoms in total. The average Bonchev–Trinajstić information content (AvgIpc) is 2.88. The summed E-state index contributed by atoms with van der Waals surface area (Å²) < 4.78 is 5.72. The molecule has 0 aliphatic heterocycles. The van der Waals surface area contributed by atoms with Crippen LogP contribution in [0.25, 0.3) is 0 Å². The van der Waals surface area contributed by atoms with Crippen molar-refractivity contribution in [3.05, 3.63) is 53.9 Å². The van der Waals surface area contributed by atoms with E-state index >= 15 is 0 Å². The van der Waals surface area contributed by atoms with Gasteiger partial charge in [0.2, 0.25) is 0 Å². The number of ether oxygens (including phenoxy) is 1. The summed E-state index contributed by atoms with van der Waals surface area (Å²) in [7, 11) is 0. The number of H-pyrrole nitrogens is 1. The van der Waals surface area contributed by atoms with Gasteiger partial charge in [-0.15, -0.1) is 0 Å². The first-order chi connectivity index (χ1) is 9.15. The van der Waals surface area contributed by atoms with Crippen molar-refractivity contribution in [2.24, 2.45) is 0 Å². The van der Waals surface area contributed by atoms with Gasteiger partial charge in [-0.3, -0.25) is 0 Å². The molecule has 2 N–H and O–H groups in total. The highest BCUT2D eigenvalue weighted by Crippen LogP contribution is 2.20. The Hall–Kier alpha value is -1.74. The van der Waals surface area contributed by atoms with E-state index in [4.69, 9.17) is 4.74 Å². The minimum Gasteiger partial charge on any atom is -0.491 e. The topological polar surface area (TPSA) is 37.0 Å². The normalized spacial score (nSPS) is 12.6. The van der Waals surface area contributed by atoms with Crippen LogP contribution in [0.5, 0.6) is 5.75 Å². The van der Waals surface area contributed by atoms with Crippen molar-refractivity contribution >= 4 is 0 Å². The Labute approximate surface area is 115 Å². The van der Waals surface area contributed by atoms with Gasteiger partial charge in [0, 0.05) is 25.0 Å². The SMILES string of the molecule is CC(C)Oc1cccc(C(C)NCc2cc[nH]c2)c1. The van der Waals surface area contributed by atoms with E-state index in [0.717, 1.165) is 12.3 Å². The minimum absolute atomic E-state index is 0.207. The van der Waals surface area contributed by atoms with Gasteiger partial charge in [-0.1, -0.05) is 12.1 Å². The van der Waals surface area contributed by atoms with E-state index in [2.05, 4.69) is 35.4 Å². The molecule has 0 aliphatic carbocycles. The molecule has 2 aromatic rings. The number of benzene rings is 1. The molecule has 0 fully saturated rings. The summed E-state index contributed by atoms with van der Waals surface area (Å²) in [4.78, 5) is 3.06. The highest BCUT2D eigenvalue weighted by molar-refractivity contribution is 5.30. The molecule has 2 rings (SSSR count). The smallest absolute Gasteiger partial charge is 0.120 e. The van der Waals surface area contributed by atoms with Gasteiger partial charge in [0.25, 0.3) is 0 Å². The molecular formula is C16H22N2O. The highest BCUT2D eigenvalue weighted by atomic mass is 16.5. The number of rotatable bonds is 6. The summed E-state index contributed by atoms with van der Waals surface area (Å²) in [6, 6.07) is 10.7. The van der Waals surface area contributed by atoms with Gasteiger partial charge >= 0.3 is 0 Å². The molecule has 19 heavy (non-hydrogen) atoms. The summed E-state index contributed by atoms with van der Waals surface area (Å²) in [6.45, 7) is 7.11. The summed E-state index contributed by atoms with van der Waals surface area (Å²) in [5.41, 5.74) is 2.51. The lowest BCUT2D eigenvalue weighted by Gasteiger charge is -2.16. The monoisotopic (exact) mass is 258 g/mol. The molecule has 0 bridgehead atoms. The van der Waals surface area contributed by atoms with E-state index in [9.17, 15) is 0 Å². The van der Waals surface area contributed by atoms with Crippen LogP contribution in [0, 0.1) is 0 Å². The lowest BCUT2D eigenvalue weighted by Crippen LogP contribution is -2.18. The summed E-state index contributed by atoms with van der Waals surface area (Å²) in [6.07, 6.45) is 4.16. The van der Waals surface area contributed by atoms with Crippen molar-refractivity contribution < 1.29 is 4.74 Å². The van der Waals surface area contributed by atoms with Gasteiger partial charge in [0.15, 0.2) is 0 Å². The van der Waals surface area contributed by atoms with Crippen LogP contribution < -0.4 is 10.1 Å². The number of nitrogens with one attached hydrogen (secondary N) is 2. The largest absolute Gasteiger partial charge is 0.491 e. The fourth-order valence-electron chi connectivity index (χ4n) is 1.99. The van der Waals surface area contributed by atoms with E-state index in [1.54, 1.807) is 0 Å². The van der Waals surface area contributed by atoms with Crippen molar-refractivity contribution in [1.82, 2.24) is 10.3 Å². The molecule has 0 amide bonds. The lowest BCUT2D eigenvalue weighted by atomic mass is 10.1. The van der Waals surface area contributed by atoms with Gasteiger partial charge in [-0.2, -0.15) is 0 Å². The van der Waals surface area contributed by atoms with Crippen LogP contribution in [-0.2, 0) is 6.54 Å². The van der Waals surface area contributed by atoms with Crippen LogP contribution in [0.3, 0.4) is 0 Å². The third-order valence-electron chi connectivity index (χ3n) is 3.00. The summed E-state index contributed by atoms with van der Waals surface area (Å²) >= 11 is 0. The number of hydrogen-bond acceptors (Lipinski definition) is 2. The first-order valence-corrected chi connectivity index (χ1v) is 6.77. The molecule has 102 valence electrons. The molecule has 1 aromatic heterocycles. The minimum atomic E-state index is 0.207. The highest BCUT2D eigenvalue weighted by Gasteiger charge is 2.07. The van der Waals surface area contributed by atoms with Crippen molar-refractivity contribution in [2.45, 2.75) is 39.5 Å². The second-order valence-corrected chi connectivity index (χ2v) is 5.06. The second kappa shape index (κ2) is 6.43. The predicted octanol–water partition coefficient (Wildman–Crippen LogP) is 3.65. The number of aromatic amines is 1. The Kier molecular flexibility index (Phi) is 4.63.